The SMILES string of the molecule is NC(=O)NCC(=O)C(CC1CCCC1)c1ccc(S(=O)(=O)C(F)(F)F)cc1. The summed E-state index contributed by atoms with van der Waals surface area (Å²) in [6.07, 6.45) is 4.49. The van der Waals surface area contributed by atoms with Crippen molar-refractivity contribution >= 4 is 21.7 Å². The van der Waals surface area contributed by atoms with Gasteiger partial charge in [0, 0.05) is 5.92 Å². The van der Waals surface area contributed by atoms with Gasteiger partial charge in [0.05, 0.1) is 11.4 Å². The molecule has 0 aliphatic heterocycles. The molecule has 27 heavy (non-hydrogen) atoms. The molecule has 0 saturated heterocycles. The molecule has 0 spiro atoms. The normalized spacial score (nSPS) is 16.9. The third-order valence-corrected chi connectivity index (χ3v) is 6.27. The molecule has 3 N–H and O–H groups in total. The summed E-state index contributed by atoms with van der Waals surface area (Å²) in [5, 5.41) is 2.22. The van der Waals surface area contributed by atoms with Gasteiger partial charge in [0.15, 0.2) is 5.78 Å². The van der Waals surface area contributed by atoms with E-state index in [1.54, 1.807) is 0 Å². The van der Waals surface area contributed by atoms with Crippen molar-refractivity contribution in [2.75, 3.05) is 6.54 Å². The zero-order valence-corrected chi connectivity index (χ0v) is 15.3. The Balaban J connectivity index is 2.26. The van der Waals surface area contributed by atoms with E-state index in [9.17, 15) is 31.2 Å². The molecule has 1 aliphatic rings. The third-order valence-electron chi connectivity index (χ3n) is 4.77. The summed E-state index contributed by atoms with van der Waals surface area (Å²) in [5.74, 6) is -0.680. The Hall–Kier alpha value is -2.10. The summed E-state index contributed by atoms with van der Waals surface area (Å²) >= 11 is 0. The topological polar surface area (TPSA) is 106 Å². The number of carbonyl (C=O) groups excluding carboxylic acids is 2. The fourth-order valence-electron chi connectivity index (χ4n) is 3.34. The minimum Gasteiger partial charge on any atom is -0.352 e. The fourth-order valence-corrected chi connectivity index (χ4v) is 4.10. The quantitative estimate of drug-likeness (QED) is 0.726. The van der Waals surface area contributed by atoms with Crippen LogP contribution < -0.4 is 11.1 Å². The molecule has 1 aliphatic carbocycles. The van der Waals surface area contributed by atoms with E-state index in [1.165, 1.54) is 12.1 Å². The Morgan fingerprint density at radius 2 is 1.70 bits per heavy atom. The monoisotopic (exact) mass is 406 g/mol. The van der Waals surface area contributed by atoms with Crippen molar-refractivity contribution < 1.29 is 31.2 Å². The highest BCUT2D eigenvalue weighted by Crippen LogP contribution is 2.36. The smallest absolute Gasteiger partial charge is 0.352 e. The molecule has 2 amide bonds. The number of amides is 2. The van der Waals surface area contributed by atoms with E-state index < -0.39 is 32.2 Å². The van der Waals surface area contributed by atoms with E-state index in [4.69, 9.17) is 5.73 Å². The number of nitrogens with two attached hydrogens (primary N) is 1. The van der Waals surface area contributed by atoms with Crippen molar-refractivity contribution in [3.8, 4) is 0 Å². The van der Waals surface area contributed by atoms with Crippen LogP contribution in [-0.2, 0) is 14.6 Å². The second-order valence-electron chi connectivity index (χ2n) is 6.64. The fraction of sp³-hybridized carbons (Fsp3) is 0.529. The standard InChI is InChI=1S/C17H21F3N2O4S/c18-17(19,20)27(25,26)13-7-5-12(6-8-13)14(9-11-3-1-2-4-11)15(23)10-22-16(21)24/h5-8,11,14H,1-4,9-10H2,(H3,21,22,24). The number of rotatable bonds is 7. The van der Waals surface area contributed by atoms with Gasteiger partial charge in [-0.3, -0.25) is 4.79 Å². The highest BCUT2D eigenvalue weighted by molar-refractivity contribution is 7.92. The van der Waals surface area contributed by atoms with Crippen LogP contribution in [0.1, 0.15) is 43.6 Å². The second kappa shape index (κ2) is 8.28. The Morgan fingerprint density at radius 1 is 1.15 bits per heavy atom. The van der Waals surface area contributed by atoms with Gasteiger partial charge in [-0.1, -0.05) is 37.8 Å². The maximum absolute atomic E-state index is 12.7. The average molecular weight is 406 g/mol. The second-order valence-corrected chi connectivity index (χ2v) is 8.58. The van der Waals surface area contributed by atoms with Crippen LogP contribution in [0, 0.1) is 5.92 Å². The van der Waals surface area contributed by atoms with E-state index in [-0.39, 0.29) is 12.3 Å². The van der Waals surface area contributed by atoms with E-state index >= 15 is 0 Å². The number of benzene rings is 1. The number of urea groups is 1. The number of ketones is 1. The highest BCUT2D eigenvalue weighted by Gasteiger charge is 2.46. The van der Waals surface area contributed by atoms with E-state index in [0.29, 0.717) is 17.9 Å². The summed E-state index contributed by atoms with van der Waals surface area (Å²) in [4.78, 5) is 22.5. The molecule has 1 aromatic rings. The lowest BCUT2D eigenvalue weighted by Crippen LogP contribution is -2.36. The largest absolute Gasteiger partial charge is 0.501 e. The Labute approximate surface area is 155 Å². The van der Waals surface area contributed by atoms with Gasteiger partial charge >= 0.3 is 11.5 Å². The molecule has 1 aromatic carbocycles. The van der Waals surface area contributed by atoms with Crippen LogP contribution >= 0.6 is 0 Å². The van der Waals surface area contributed by atoms with Crippen molar-refractivity contribution in [2.45, 2.75) is 48.4 Å². The number of halogens is 3. The first-order chi connectivity index (χ1) is 12.5. The molecule has 150 valence electrons. The molecule has 1 saturated carbocycles. The highest BCUT2D eigenvalue weighted by atomic mass is 32.2. The van der Waals surface area contributed by atoms with Crippen molar-refractivity contribution in [2.24, 2.45) is 11.7 Å². The molecule has 1 unspecified atom stereocenters. The predicted molar refractivity (Wildman–Crippen MR) is 91.6 cm³/mol. The lowest BCUT2D eigenvalue weighted by atomic mass is 9.85. The molecule has 2 rings (SSSR count). The predicted octanol–water partition coefficient (Wildman–Crippen LogP) is 2.88. The van der Waals surface area contributed by atoms with Crippen LogP contribution in [-0.4, -0.2) is 32.3 Å². The van der Waals surface area contributed by atoms with E-state index in [0.717, 1.165) is 37.8 Å². The number of carbonyl (C=O) groups is 2. The first-order valence-electron chi connectivity index (χ1n) is 8.49. The number of primary amides is 1. The van der Waals surface area contributed by atoms with Gasteiger partial charge in [-0.05, 0) is 30.0 Å². The molecule has 0 aromatic heterocycles. The van der Waals surface area contributed by atoms with Gasteiger partial charge in [0.25, 0.3) is 9.84 Å². The maximum Gasteiger partial charge on any atom is 0.501 e. The lowest BCUT2D eigenvalue weighted by molar-refractivity contribution is -0.119. The van der Waals surface area contributed by atoms with Crippen LogP contribution in [0.4, 0.5) is 18.0 Å². The van der Waals surface area contributed by atoms with Crippen molar-refractivity contribution in [3.05, 3.63) is 29.8 Å². The third kappa shape index (κ3) is 5.21. The summed E-state index contributed by atoms with van der Waals surface area (Å²) in [7, 11) is -5.44. The Bertz CT molecular complexity index is 785. The molecular formula is C17H21F3N2O4S. The van der Waals surface area contributed by atoms with E-state index in [2.05, 4.69) is 5.32 Å². The summed E-state index contributed by atoms with van der Waals surface area (Å²) in [5.41, 5.74) is 0.00227. The molecule has 1 fully saturated rings. The lowest BCUT2D eigenvalue weighted by Gasteiger charge is -2.20. The zero-order valence-electron chi connectivity index (χ0n) is 14.5. The van der Waals surface area contributed by atoms with Crippen LogP contribution in [0.25, 0.3) is 0 Å². The first-order valence-corrected chi connectivity index (χ1v) is 9.98. The van der Waals surface area contributed by atoms with Crippen molar-refractivity contribution in [1.29, 1.82) is 0 Å². The maximum atomic E-state index is 12.7. The average Bonchev–Trinajstić information content (AvgIpc) is 3.10. The van der Waals surface area contributed by atoms with Crippen molar-refractivity contribution in [3.63, 3.8) is 0 Å². The molecule has 0 bridgehead atoms. The van der Waals surface area contributed by atoms with Crippen molar-refractivity contribution in [1.82, 2.24) is 5.32 Å². The minimum atomic E-state index is -5.44. The number of sulfone groups is 1. The molecule has 6 nitrogen and oxygen atoms in total. The number of hydrogen-bond acceptors (Lipinski definition) is 4. The summed E-state index contributed by atoms with van der Waals surface area (Å²) in [6, 6.07) is 3.30. The number of Topliss-reactive ketones (excluding diaryl/α,β-unsaturated/α-hetero) is 1. The van der Waals surface area contributed by atoms with Gasteiger partial charge in [-0.2, -0.15) is 13.2 Å². The minimum absolute atomic E-state index is 0.296. The Kier molecular flexibility index (Phi) is 6.50. The van der Waals surface area contributed by atoms with Gasteiger partial charge in [0.1, 0.15) is 0 Å². The Morgan fingerprint density at radius 3 is 2.19 bits per heavy atom. The molecular weight excluding hydrogens is 385 g/mol. The van der Waals surface area contributed by atoms with Crippen LogP contribution in [0.5, 0.6) is 0 Å². The van der Waals surface area contributed by atoms with Crippen LogP contribution in [0.3, 0.4) is 0 Å². The van der Waals surface area contributed by atoms with Gasteiger partial charge in [-0.15, -0.1) is 0 Å². The van der Waals surface area contributed by atoms with Gasteiger partial charge < -0.3 is 11.1 Å². The van der Waals surface area contributed by atoms with Crippen LogP contribution in [0.2, 0.25) is 0 Å². The zero-order chi connectivity index (χ0) is 20.2. The number of nitrogens with one attached hydrogen (secondary N) is 1. The van der Waals surface area contributed by atoms with Gasteiger partial charge in [-0.25, -0.2) is 13.2 Å². The molecule has 10 heteroatoms. The summed E-state index contributed by atoms with van der Waals surface area (Å²) < 4.78 is 60.9. The first kappa shape index (κ1) is 21.2. The molecule has 0 radical (unpaired) electrons. The summed E-state index contributed by atoms with van der Waals surface area (Å²) in [6.45, 7) is -0.296. The number of alkyl halides is 3. The van der Waals surface area contributed by atoms with Gasteiger partial charge in [0.2, 0.25) is 0 Å². The van der Waals surface area contributed by atoms with E-state index in [1.807, 2.05) is 0 Å². The van der Waals surface area contributed by atoms with Crippen LogP contribution in [0.15, 0.2) is 29.2 Å². The number of hydrogen-bond donors (Lipinski definition) is 2. The molecule has 0 heterocycles. The molecule has 1 atom stereocenters.